The van der Waals surface area contributed by atoms with E-state index in [-0.39, 0.29) is 11.1 Å². The lowest BCUT2D eigenvalue weighted by atomic mass is 9.87. The van der Waals surface area contributed by atoms with Crippen LogP contribution in [0.2, 0.25) is 5.04 Å². The molecule has 2 aromatic rings. The summed E-state index contributed by atoms with van der Waals surface area (Å²) in [5.41, 5.74) is 0. The molecule has 0 amide bonds. The predicted octanol–water partition coefficient (Wildman–Crippen LogP) is 4.32. The van der Waals surface area contributed by atoms with Crippen LogP contribution in [0.25, 0.3) is 0 Å². The second-order valence-corrected chi connectivity index (χ2v) is 12.8. The van der Waals surface area contributed by atoms with Crippen molar-refractivity contribution in [3.8, 4) is 0 Å². The Balaban J connectivity index is 2.16. The van der Waals surface area contributed by atoms with E-state index >= 15 is 0 Å². The number of ketones is 1. The van der Waals surface area contributed by atoms with E-state index in [1.807, 2.05) is 0 Å². The van der Waals surface area contributed by atoms with E-state index in [2.05, 4.69) is 88.4 Å². The summed E-state index contributed by atoms with van der Waals surface area (Å²) in [5.74, 6) is 0.750. The smallest absolute Gasteiger partial charge is 0.261 e. The highest BCUT2D eigenvalue weighted by Crippen LogP contribution is 2.39. The molecular weight excluding hydrogens is 336 g/mol. The Morgan fingerprint density at radius 3 is 1.88 bits per heavy atom. The number of hydrogen-bond acceptors (Lipinski definition) is 2. The molecule has 3 rings (SSSR count). The third-order valence-corrected chi connectivity index (χ3v) is 10.7. The Labute approximate surface area is 158 Å². The van der Waals surface area contributed by atoms with Gasteiger partial charge < -0.3 is 4.43 Å². The summed E-state index contributed by atoms with van der Waals surface area (Å²) in [4.78, 5) is 12.2. The second-order valence-electron chi connectivity index (χ2n) is 8.58. The molecule has 1 fully saturated rings. The molecule has 0 unspecified atom stereocenters. The Morgan fingerprint density at radius 2 is 1.42 bits per heavy atom. The van der Waals surface area contributed by atoms with Crippen LogP contribution in [0.5, 0.6) is 0 Å². The van der Waals surface area contributed by atoms with E-state index < -0.39 is 8.32 Å². The van der Waals surface area contributed by atoms with E-state index in [1.54, 1.807) is 0 Å². The van der Waals surface area contributed by atoms with Crippen molar-refractivity contribution in [2.24, 2.45) is 5.92 Å². The van der Waals surface area contributed by atoms with E-state index in [1.165, 1.54) is 10.4 Å². The molecule has 0 aromatic heterocycles. The topological polar surface area (TPSA) is 26.3 Å². The first kappa shape index (κ1) is 19.1. The molecule has 3 heteroatoms. The fraction of sp³-hybridized carbons (Fsp3) is 0.435. The molecular formula is C23H30O2Si. The van der Waals surface area contributed by atoms with Crippen LogP contribution in [0, 0.1) is 5.92 Å². The van der Waals surface area contributed by atoms with Crippen molar-refractivity contribution in [3.63, 3.8) is 0 Å². The van der Waals surface area contributed by atoms with Crippen LogP contribution in [0.4, 0.5) is 0 Å². The van der Waals surface area contributed by atoms with Gasteiger partial charge >= 0.3 is 0 Å². The molecule has 0 saturated heterocycles. The van der Waals surface area contributed by atoms with Crippen LogP contribution in [-0.4, -0.2) is 20.2 Å². The molecule has 1 saturated carbocycles. The van der Waals surface area contributed by atoms with Crippen LogP contribution in [0.15, 0.2) is 60.7 Å². The Morgan fingerprint density at radius 1 is 0.923 bits per heavy atom. The van der Waals surface area contributed by atoms with Gasteiger partial charge in [-0.05, 0) is 27.8 Å². The van der Waals surface area contributed by atoms with E-state index in [4.69, 9.17) is 4.43 Å². The predicted molar refractivity (Wildman–Crippen MR) is 111 cm³/mol. The largest absolute Gasteiger partial charge is 0.404 e. The number of rotatable bonds is 4. The summed E-state index contributed by atoms with van der Waals surface area (Å²) in [6, 6.07) is 21.4. The quantitative estimate of drug-likeness (QED) is 0.753. The number of carbonyl (C=O) groups is 1. The third kappa shape index (κ3) is 3.56. The SMILES string of the molecule is C[C@@H]1CCC(=O)C[C@@H]1O[Si](c1ccccc1)(c1ccccc1)C(C)(C)C. The van der Waals surface area contributed by atoms with Crippen molar-refractivity contribution >= 4 is 24.5 Å². The van der Waals surface area contributed by atoms with Gasteiger partial charge in [-0.3, -0.25) is 4.79 Å². The molecule has 2 atom stereocenters. The number of carbonyl (C=O) groups excluding carboxylic acids is 1. The minimum Gasteiger partial charge on any atom is -0.404 e. The summed E-state index contributed by atoms with van der Waals surface area (Å²) < 4.78 is 7.12. The van der Waals surface area contributed by atoms with Crippen LogP contribution >= 0.6 is 0 Å². The van der Waals surface area contributed by atoms with E-state index in [0.717, 1.165) is 6.42 Å². The van der Waals surface area contributed by atoms with Gasteiger partial charge in [-0.1, -0.05) is 88.4 Å². The molecule has 1 aliphatic rings. The van der Waals surface area contributed by atoms with Gasteiger partial charge in [0.2, 0.25) is 0 Å². The molecule has 26 heavy (non-hydrogen) atoms. The normalized spacial score (nSPS) is 21.6. The van der Waals surface area contributed by atoms with Crippen molar-refractivity contribution in [1.29, 1.82) is 0 Å². The molecule has 0 bridgehead atoms. The first-order valence-corrected chi connectivity index (χ1v) is 11.6. The molecule has 0 radical (unpaired) electrons. The zero-order chi connectivity index (χ0) is 18.8. The van der Waals surface area contributed by atoms with Crippen LogP contribution < -0.4 is 10.4 Å². The molecule has 138 valence electrons. The summed E-state index contributed by atoms with van der Waals surface area (Å²) in [6.07, 6.45) is 2.18. The van der Waals surface area contributed by atoms with Gasteiger partial charge in [0.15, 0.2) is 0 Å². The maximum atomic E-state index is 12.2. The molecule has 2 nitrogen and oxygen atoms in total. The third-order valence-electron chi connectivity index (χ3n) is 5.69. The highest BCUT2D eigenvalue weighted by atomic mass is 28.4. The van der Waals surface area contributed by atoms with Crippen LogP contribution in [0.3, 0.4) is 0 Å². The first-order valence-electron chi connectivity index (χ1n) is 9.65. The highest BCUT2D eigenvalue weighted by molar-refractivity contribution is 6.99. The molecule has 1 aliphatic carbocycles. The van der Waals surface area contributed by atoms with E-state index in [9.17, 15) is 4.79 Å². The molecule has 0 aliphatic heterocycles. The summed E-state index contributed by atoms with van der Waals surface area (Å²) in [7, 11) is -2.56. The number of Topliss-reactive ketones (excluding diaryl/α,β-unsaturated/α-hetero) is 1. The second kappa shape index (κ2) is 7.49. The van der Waals surface area contributed by atoms with Crippen molar-refractivity contribution in [3.05, 3.63) is 60.7 Å². The van der Waals surface area contributed by atoms with Gasteiger partial charge in [0.05, 0.1) is 6.10 Å². The minimum atomic E-state index is -2.56. The lowest BCUT2D eigenvalue weighted by Crippen LogP contribution is -2.68. The Kier molecular flexibility index (Phi) is 5.49. The lowest BCUT2D eigenvalue weighted by Gasteiger charge is -2.46. The minimum absolute atomic E-state index is 0.00236. The van der Waals surface area contributed by atoms with Gasteiger partial charge in [-0.2, -0.15) is 0 Å². The summed E-state index contributed by atoms with van der Waals surface area (Å²) in [6.45, 7) is 9.09. The van der Waals surface area contributed by atoms with Gasteiger partial charge in [0.1, 0.15) is 5.78 Å². The molecule has 0 heterocycles. The molecule has 2 aromatic carbocycles. The maximum Gasteiger partial charge on any atom is 0.261 e. The van der Waals surface area contributed by atoms with Gasteiger partial charge in [0, 0.05) is 12.8 Å². The van der Waals surface area contributed by atoms with Crippen molar-refractivity contribution in [1.82, 2.24) is 0 Å². The summed E-state index contributed by atoms with van der Waals surface area (Å²) >= 11 is 0. The van der Waals surface area contributed by atoms with Gasteiger partial charge in [-0.15, -0.1) is 0 Å². The van der Waals surface area contributed by atoms with Crippen LogP contribution in [0.1, 0.15) is 47.0 Å². The fourth-order valence-electron chi connectivity index (χ4n) is 4.18. The summed E-state index contributed by atoms with van der Waals surface area (Å²) in [5, 5.41) is 2.52. The average molecular weight is 367 g/mol. The maximum absolute atomic E-state index is 12.2. The van der Waals surface area contributed by atoms with Crippen LogP contribution in [-0.2, 0) is 9.22 Å². The zero-order valence-electron chi connectivity index (χ0n) is 16.4. The standard InChI is InChI=1S/C23H30O2Si/c1-18-15-16-19(24)17-22(18)25-26(23(2,3)4,20-11-7-5-8-12-20)21-13-9-6-10-14-21/h5-14,18,22H,15-17H2,1-4H3/t18-,22+/m1/s1. The van der Waals surface area contributed by atoms with Crippen molar-refractivity contribution in [2.45, 2.75) is 58.1 Å². The zero-order valence-corrected chi connectivity index (χ0v) is 17.4. The van der Waals surface area contributed by atoms with Gasteiger partial charge in [-0.25, -0.2) is 0 Å². The number of benzene rings is 2. The monoisotopic (exact) mass is 366 g/mol. The molecule has 0 spiro atoms. The first-order chi connectivity index (χ1) is 12.3. The molecule has 0 N–H and O–H groups in total. The van der Waals surface area contributed by atoms with Crippen molar-refractivity contribution < 1.29 is 9.22 Å². The number of hydrogen-bond donors (Lipinski definition) is 0. The van der Waals surface area contributed by atoms with Crippen molar-refractivity contribution in [2.75, 3.05) is 0 Å². The highest BCUT2D eigenvalue weighted by Gasteiger charge is 2.52. The average Bonchev–Trinajstić information content (AvgIpc) is 2.63. The van der Waals surface area contributed by atoms with Gasteiger partial charge in [0.25, 0.3) is 8.32 Å². The Bertz CT molecular complexity index is 694. The van der Waals surface area contributed by atoms with E-state index in [0.29, 0.717) is 24.5 Å². The fourth-order valence-corrected chi connectivity index (χ4v) is 8.96. The Hall–Kier alpha value is -1.71. The lowest BCUT2D eigenvalue weighted by molar-refractivity contribution is -0.124.